The van der Waals surface area contributed by atoms with E-state index in [4.69, 9.17) is 0 Å². The second-order valence-electron chi connectivity index (χ2n) is 6.21. The molecule has 7 heteroatoms. The van der Waals surface area contributed by atoms with Crippen molar-refractivity contribution in [1.29, 1.82) is 0 Å². The molecular weight excluding hydrogens is 380 g/mol. The molecule has 0 fully saturated rings. The van der Waals surface area contributed by atoms with Crippen molar-refractivity contribution >= 4 is 0 Å². The van der Waals surface area contributed by atoms with Crippen molar-refractivity contribution < 1.29 is 26.3 Å². The third kappa shape index (κ3) is 4.18. The highest BCUT2D eigenvalue weighted by molar-refractivity contribution is 5.69. The second kappa shape index (κ2) is 7.30. The smallest absolute Gasteiger partial charge is 0.248 e. The van der Waals surface area contributed by atoms with Gasteiger partial charge in [0, 0.05) is 11.1 Å². The van der Waals surface area contributed by atoms with Crippen LogP contribution in [-0.2, 0) is 18.8 Å². The Morgan fingerprint density at radius 3 is 1.93 bits per heavy atom. The van der Waals surface area contributed by atoms with Crippen LogP contribution in [0, 0.1) is 0 Å². The first-order chi connectivity index (χ1) is 13.1. The summed E-state index contributed by atoms with van der Waals surface area (Å²) in [6, 6.07) is 12.7. The van der Waals surface area contributed by atoms with Crippen molar-refractivity contribution in [2.45, 2.75) is 25.7 Å². The molecule has 146 valence electrons. The summed E-state index contributed by atoms with van der Waals surface area (Å²) in [5, 5.41) is 0. The largest absolute Gasteiger partial charge is 0.416 e. The van der Waals surface area contributed by atoms with Crippen LogP contribution in [-0.4, -0.2) is 4.98 Å². The summed E-state index contributed by atoms with van der Waals surface area (Å²) in [6.45, 7) is 1.87. The molecule has 2 aromatic carbocycles. The van der Waals surface area contributed by atoms with Gasteiger partial charge in [-0.3, -0.25) is 0 Å². The average molecular weight is 395 g/mol. The van der Waals surface area contributed by atoms with Crippen molar-refractivity contribution in [3.05, 3.63) is 77.4 Å². The molecule has 0 aliphatic rings. The lowest BCUT2D eigenvalue weighted by Gasteiger charge is -2.13. The van der Waals surface area contributed by atoms with E-state index in [9.17, 15) is 26.3 Å². The number of hydrogen-bond acceptors (Lipinski definition) is 1. The molecule has 1 heterocycles. The molecule has 0 aliphatic carbocycles. The van der Waals surface area contributed by atoms with Gasteiger partial charge in [0.1, 0.15) is 0 Å². The predicted octanol–water partition coefficient (Wildman–Crippen LogP) is 7.02. The van der Waals surface area contributed by atoms with Gasteiger partial charge in [0.15, 0.2) is 0 Å². The van der Waals surface area contributed by atoms with Crippen LogP contribution in [0.5, 0.6) is 0 Å². The summed E-state index contributed by atoms with van der Waals surface area (Å²) in [5.41, 5.74) is 0.745. The van der Waals surface area contributed by atoms with Gasteiger partial charge in [-0.25, -0.2) is 4.98 Å². The van der Waals surface area contributed by atoms with Crippen molar-refractivity contribution in [2.24, 2.45) is 0 Å². The molecule has 0 N–H and O–H groups in total. The Bertz CT molecular complexity index is 971. The minimum atomic E-state index is -4.48. The minimum Gasteiger partial charge on any atom is -0.248 e. The molecule has 1 aromatic heterocycles. The lowest BCUT2D eigenvalue weighted by Crippen LogP contribution is -2.05. The molecule has 0 atom stereocenters. The fraction of sp³-hybridized carbons (Fsp3) is 0.190. The van der Waals surface area contributed by atoms with Gasteiger partial charge in [-0.1, -0.05) is 37.3 Å². The van der Waals surface area contributed by atoms with E-state index < -0.39 is 23.5 Å². The van der Waals surface area contributed by atoms with Crippen LogP contribution in [0.15, 0.2) is 60.7 Å². The predicted molar refractivity (Wildman–Crippen MR) is 94.5 cm³/mol. The summed E-state index contributed by atoms with van der Waals surface area (Å²) in [7, 11) is 0. The molecule has 0 bridgehead atoms. The maximum Gasteiger partial charge on any atom is 0.416 e. The number of aryl methyl sites for hydroxylation is 1. The Morgan fingerprint density at radius 2 is 1.36 bits per heavy atom. The van der Waals surface area contributed by atoms with Gasteiger partial charge >= 0.3 is 12.4 Å². The Balaban J connectivity index is 2.06. The number of alkyl halides is 6. The maximum atomic E-state index is 13.0. The zero-order valence-corrected chi connectivity index (χ0v) is 14.7. The van der Waals surface area contributed by atoms with Gasteiger partial charge in [0.05, 0.1) is 22.5 Å². The van der Waals surface area contributed by atoms with E-state index >= 15 is 0 Å². The number of rotatable bonds is 3. The first-order valence-corrected chi connectivity index (χ1v) is 8.45. The van der Waals surface area contributed by atoms with Crippen LogP contribution in [0.3, 0.4) is 0 Å². The third-order valence-corrected chi connectivity index (χ3v) is 4.33. The highest BCUT2D eigenvalue weighted by atomic mass is 19.4. The van der Waals surface area contributed by atoms with Gasteiger partial charge in [0.25, 0.3) is 0 Å². The fourth-order valence-electron chi connectivity index (χ4n) is 2.86. The Hall–Kier alpha value is -2.83. The summed E-state index contributed by atoms with van der Waals surface area (Å²) < 4.78 is 77.2. The van der Waals surface area contributed by atoms with Crippen LogP contribution < -0.4 is 0 Å². The van der Waals surface area contributed by atoms with Crippen LogP contribution >= 0.6 is 0 Å². The van der Waals surface area contributed by atoms with Gasteiger partial charge in [0.2, 0.25) is 0 Å². The quantitative estimate of drug-likeness (QED) is 0.435. The third-order valence-electron chi connectivity index (χ3n) is 4.33. The van der Waals surface area contributed by atoms with E-state index in [2.05, 4.69) is 4.98 Å². The summed E-state index contributed by atoms with van der Waals surface area (Å²) in [5.74, 6) is 0. The molecule has 0 aliphatic heterocycles. The molecule has 0 unspecified atom stereocenters. The number of aromatic nitrogens is 1. The highest BCUT2D eigenvalue weighted by Gasteiger charge is 2.31. The Kier molecular flexibility index (Phi) is 5.19. The van der Waals surface area contributed by atoms with Crippen LogP contribution in [0.4, 0.5) is 26.3 Å². The molecule has 3 aromatic rings. The van der Waals surface area contributed by atoms with Gasteiger partial charge in [-0.2, -0.15) is 26.3 Å². The number of hydrogen-bond donors (Lipinski definition) is 0. The van der Waals surface area contributed by atoms with Gasteiger partial charge in [-0.15, -0.1) is 0 Å². The molecule has 1 nitrogen and oxygen atoms in total. The minimum absolute atomic E-state index is 0.283. The monoisotopic (exact) mass is 395 g/mol. The SMILES string of the molecule is CCc1ccc(-c2cccc(C(F)(F)F)c2)nc1-c1ccc(C(F)(F)F)cc1. The van der Waals surface area contributed by atoms with Crippen molar-refractivity contribution in [1.82, 2.24) is 4.98 Å². The number of pyridine rings is 1. The average Bonchev–Trinajstić information content (AvgIpc) is 2.66. The van der Waals surface area contributed by atoms with Crippen LogP contribution in [0.25, 0.3) is 22.5 Å². The molecule has 0 saturated carbocycles. The molecular formula is C21H15F6N. The summed E-state index contributed by atoms with van der Waals surface area (Å²) in [6.07, 6.45) is -8.35. The van der Waals surface area contributed by atoms with E-state index in [0.717, 1.165) is 29.8 Å². The van der Waals surface area contributed by atoms with E-state index in [-0.39, 0.29) is 5.56 Å². The number of benzene rings is 2. The fourth-order valence-corrected chi connectivity index (χ4v) is 2.86. The molecule has 0 radical (unpaired) electrons. The molecule has 3 rings (SSSR count). The Morgan fingerprint density at radius 1 is 0.714 bits per heavy atom. The van der Waals surface area contributed by atoms with E-state index in [1.165, 1.54) is 24.3 Å². The molecule has 0 amide bonds. The van der Waals surface area contributed by atoms with E-state index in [1.54, 1.807) is 12.1 Å². The zero-order valence-electron chi connectivity index (χ0n) is 14.7. The molecule has 0 spiro atoms. The highest BCUT2D eigenvalue weighted by Crippen LogP contribution is 2.34. The number of halogens is 6. The number of nitrogens with zero attached hydrogens (tertiary/aromatic N) is 1. The van der Waals surface area contributed by atoms with E-state index in [0.29, 0.717) is 23.4 Å². The van der Waals surface area contributed by atoms with Gasteiger partial charge in [-0.05, 0) is 42.3 Å². The van der Waals surface area contributed by atoms with Crippen LogP contribution in [0.1, 0.15) is 23.6 Å². The normalized spacial score (nSPS) is 12.2. The van der Waals surface area contributed by atoms with Gasteiger partial charge < -0.3 is 0 Å². The first kappa shape index (κ1) is 19.9. The topological polar surface area (TPSA) is 12.9 Å². The molecule has 0 saturated heterocycles. The lowest BCUT2D eigenvalue weighted by molar-refractivity contribution is -0.138. The summed E-state index contributed by atoms with van der Waals surface area (Å²) in [4.78, 5) is 4.45. The maximum absolute atomic E-state index is 13.0. The second-order valence-corrected chi connectivity index (χ2v) is 6.21. The van der Waals surface area contributed by atoms with Crippen molar-refractivity contribution in [3.8, 4) is 22.5 Å². The van der Waals surface area contributed by atoms with Crippen molar-refractivity contribution in [3.63, 3.8) is 0 Å². The first-order valence-electron chi connectivity index (χ1n) is 8.45. The zero-order chi connectivity index (χ0) is 20.5. The lowest BCUT2D eigenvalue weighted by atomic mass is 10.00. The summed E-state index contributed by atoms with van der Waals surface area (Å²) >= 11 is 0. The standard InChI is InChI=1S/C21H15F6N/c1-2-13-8-11-18(15-4-3-5-17(12-15)21(25,26)27)28-19(13)14-6-9-16(10-7-14)20(22,23)24/h3-12H,2H2,1H3. The van der Waals surface area contributed by atoms with Crippen LogP contribution in [0.2, 0.25) is 0 Å². The van der Waals surface area contributed by atoms with Crippen molar-refractivity contribution in [2.75, 3.05) is 0 Å². The van der Waals surface area contributed by atoms with E-state index in [1.807, 2.05) is 6.92 Å². The Labute approximate surface area is 157 Å². The molecule has 28 heavy (non-hydrogen) atoms.